The number of carbonyl (C=O) groups excluding carboxylic acids is 1. The van der Waals surface area contributed by atoms with Gasteiger partial charge in [0.1, 0.15) is 0 Å². The zero-order chi connectivity index (χ0) is 22.5. The quantitative estimate of drug-likeness (QED) is 0.319. The highest BCUT2D eigenvalue weighted by molar-refractivity contribution is 7.98. The summed E-state index contributed by atoms with van der Waals surface area (Å²) in [5.41, 5.74) is 4.52. The lowest BCUT2D eigenvalue weighted by atomic mass is 10.2. The molecule has 0 bridgehead atoms. The molecule has 0 radical (unpaired) electrons. The topological polar surface area (TPSA) is 85.6 Å². The van der Waals surface area contributed by atoms with Crippen LogP contribution in [0.4, 0.5) is 0 Å². The molecule has 4 rings (SSSR count). The molecule has 0 aliphatic heterocycles. The molecule has 1 amide bonds. The molecule has 0 saturated heterocycles. The van der Waals surface area contributed by atoms with Crippen molar-refractivity contribution in [2.45, 2.75) is 31.3 Å². The van der Waals surface area contributed by atoms with Crippen LogP contribution in [-0.2, 0) is 12.3 Å². The van der Waals surface area contributed by atoms with Gasteiger partial charge in [0.25, 0.3) is 5.91 Å². The second-order valence-electron chi connectivity index (χ2n) is 7.16. The van der Waals surface area contributed by atoms with Gasteiger partial charge in [0.2, 0.25) is 0 Å². The Balaban J connectivity index is 1.59. The smallest absolute Gasteiger partial charge is 0.274 e. The van der Waals surface area contributed by atoms with E-state index >= 15 is 0 Å². The molecule has 0 aliphatic carbocycles. The molecule has 0 aliphatic rings. The van der Waals surface area contributed by atoms with E-state index in [2.05, 4.69) is 25.6 Å². The molecule has 7 nitrogen and oxygen atoms in total. The number of aryl methyl sites for hydroxylation is 2. The number of para-hydroxylation sites is 1. The minimum absolute atomic E-state index is 0.277. The number of halogens is 1. The van der Waals surface area contributed by atoms with Crippen molar-refractivity contribution in [1.82, 2.24) is 30.3 Å². The lowest BCUT2D eigenvalue weighted by molar-refractivity contribution is 0.0945. The molecule has 2 aromatic carbocycles. The number of rotatable bonds is 7. The highest BCUT2D eigenvalue weighted by Gasteiger charge is 2.21. The molecule has 1 N–H and O–H groups in total. The summed E-state index contributed by atoms with van der Waals surface area (Å²) in [7, 11) is 0. The Morgan fingerprint density at radius 2 is 1.72 bits per heavy atom. The number of thioether (sulfide) groups is 1. The van der Waals surface area contributed by atoms with E-state index in [0.717, 1.165) is 22.6 Å². The van der Waals surface area contributed by atoms with Gasteiger partial charge in [-0.2, -0.15) is 0 Å². The average molecular weight is 465 g/mol. The molecule has 0 atom stereocenters. The first-order valence-corrected chi connectivity index (χ1v) is 11.3. The lowest BCUT2D eigenvalue weighted by Gasteiger charge is -2.09. The second-order valence-corrected chi connectivity index (χ2v) is 8.54. The van der Waals surface area contributed by atoms with E-state index in [1.54, 1.807) is 16.8 Å². The average Bonchev–Trinajstić information content (AvgIpc) is 3.21. The highest BCUT2D eigenvalue weighted by atomic mass is 35.5. The van der Waals surface area contributed by atoms with Gasteiger partial charge in [-0.1, -0.05) is 58.9 Å². The Morgan fingerprint density at radius 3 is 2.41 bits per heavy atom. The van der Waals surface area contributed by atoms with Crippen molar-refractivity contribution in [3.05, 3.63) is 94.0 Å². The number of amides is 1. The molecule has 4 aromatic rings. The van der Waals surface area contributed by atoms with Gasteiger partial charge in [0.05, 0.1) is 11.4 Å². The van der Waals surface area contributed by atoms with E-state index < -0.39 is 0 Å². The summed E-state index contributed by atoms with van der Waals surface area (Å²) >= 11 is 7.38. The fraction of sp³-hybridized carbons (Fsp3) is 0.174. The van der Waals surface area contributed by atoms with Crippen molar-refractivity contribution in [3.63, 3.8) is 0 Å². The van der Waals surface area contributed by atoms with E-state index in [1.165, 1.54) is 11.8 Å². The molecule has 0 saturated carbocycles. The Bertz CT molecular complexity index is 1210. The molecule has 0 fully saturated rings. The zero-order valence-corrected chi connectivity index (χ0v) is 19.2. The van der Waals surface area contributed by atoms with Crippen LogP contribution in [0.2, 0.25) is 5.02 Å². The van der Waals surface area contributed by atoms with Crippen molar-refractivity contribution in [1.29, 1.82) is 0 Å². The fourth-order valence-corrected chi connectivity index (χ4v) is 4.21. The number of carbonyl (C=O) groups is 1. The molecule has 0 spiro atoms. The molecule has 162 valence electrons. The van der Waals surface area contributed by atoms with Crippen molar-refractivity contribution < 1.29 is 4.79 Å². The Hall–Kier alpha value is -3.23. The summed E-state index contributed by atoms with van der Waals surface area (Å²) in [6.45, 7) is 4.23. The van der Waals surface area contributed by atoms with Crippen molar-refractivity contribution in [2.24, 2.45) is 0 Å². The summed E-state index contributed by atoms with van der Waals surface area (Å²) in [5, 5.41) is 12.7. The number of benzene rings is 2. The van der Waals surface area contributed by atoms with Crippen LogP contribution in [0.3, 0.4) is 0 Å². The van der Waals surface area contributed by atoms with Gasteiger partial charge in [-0.3, -0.25) is 4.79 Å². The molecule has 0 unspecified atom stereocenters. The lowest BCUT2D eigenvalue weighted by Crippen LogP contribution is -2.24. The minimum atomic E-state index is -0.293. The predicted molar refractivity (Wildman–Crippen MR) is 125 cm³/mol. The van der Waals surface area contributed by atoms with Crippen LogP contribution >= 0.6 is 23.4 Å². The monoisotopic (exact) mass is 464 g/mol. The van der Waals surface area contributed by atoms with Crippen LogP contribution in [0.25, 0.3) is 5.69 Å². The van der Waals surface area contributed by atoms with Gasteiger partial charge in [-0.15, -0.1) is 5.10 Å². The van der Waals surface area contributed by atoms with E-state index in [-0.39, 0.29) is 11.6 Å². The Kier molecular flexibility index (Phi) is 6.82. The highest BCUT2D eigenvalue weighted by Crippen LogP contribution is 2.23. The third-order valence-electron chi connectivity index (χ3n) is 4.65. The third kappa shape index (κ3) is 5.33. The van der Waals surface area contributed by atoms with E-state index in [4.69, 9.17) is 11.6 Å². The number of nitrogens with zero attached hydrogens (tertiary/aromatic N) is 5. The van der Waals surface area contributed by atoms with Gasteiger partial charge in [0, 0.05) is 28.7 Å². The first kappa shape index (κ1) is 22.0. The summed E-state index contributed by atoms with van der Waals surface area (Å²) in [5.74, 6) is 0.146. The van der Waals surface area contributed by atoms with Crippen LogP contribution in [0.15, 0.2) is 65.8 Å². The maximum absolute atomic E-state index is 13.0. The predicted octanol–water partition coefficient (Wildman–Crippen LogP) is 4.55. The molecule has 2 aromatic heterocycles. The van der Waals surface area contributed by atoms with Crippen LogP contribution in [0, 0.1) is 13.8 Å². The summed E-state index contributed by atoms with van der Waals surface area (Å²) in [6, 6.07) is 18.9. The standard InChI is InChI=1S/C23H21ClN6OS/c1-15-12-16(2)27-23(26-15)32-14-20-21(28-29-30(20)19-6-4-3-5-7-19)22(31)25-13-17-8-10-18(24)11-9-17/h3-12H,13-14H2,1-2H3,(H,25,31). The van der Waals surface area contributed by atoms with Crippen molar-refractivity contribution in [2.75, 3.05) is 0 Å². The maximum Gasteiger partial charge on any atom is 0.274 e. The number of hydrogen-bond acceptors (Lipinski definition) is 6. The molecular weight excluding hydrogens is 444 g/mol. The van der Waals surface area contributed by atoms with Crippen LogP contribution in [0.1, 0.15) is 33.1 Å². The number of hydrogen-bond donors (Lipinski definition) is 1. The van der Waals surface area contributed by atoms with Gasteiger partial charge >= 0.3 is 0 Å². The number of aromatic nitrogens is 5. The van der Waals surface area contributed by atoms with E-state index in [0.29, 0.717) is 28.2 Å². The molecule has 32 heavy (non-hydrogen) atoms. The van der Waals surface area contributed by atoms with Crippen LogP contribution < -0.4 is 5.32 Å². The number of nitrogens with one attached hydrogen (secondary N) is 1. The fourth-order valence-electron chi connectivity index (χ4n) is 3.14. The van der Waals surface area contributed by atoms with Crippen LogP contribution in [0.5, 0.6) is 0 Å². The maximum atomic E-state index is 13.0. The van der Waals surface area contributed by atoms with E-state index in [9.17, 15) is 4.79 Å². The first-order valence-electron chi connectivity index (χ1n) is 9.97. The summed E-state index contributed by atoms with van der Waals surface area (Å²) in [4.78, 5) is 21.9. The van der Waals surface area contributed by atoms with Gasteiger partial charge < -0.3 is 5.32 Å². The molecule has 2 heterocycles. The Morgan fingerprint density at radius 1 is 1.03 bits per heavy atom. The second kappa shape index (κ2) is 9.93. The van der Waals surface area contributed by atoms with E-state index in [1.807, 2.05) is 62.4 Å². The SMILES string of the molecule is Cc1cc(C)nc(SCc2c(C(=O)NCc3ccc(Cl)cc3)nnn2-c2ccccc2)n1. The van der Waals surface area contributed by atoms with Crippen molar-refractivity contribution in [3.8, 4) is 5.69 Å². The normalized spacial score (nSPS) is 10.8. The Labute approximate surface area is 195 Å². The zero-order valence-electron chi connectivity index (χ0n) is 17.6. The van der Waals surface area contributed by atoms with Gasteiger partial charge in [0.15, 0.2) is 10.9 Å². The summed E-state index contributed by atoms with van der Waals surface area (Å²) in [6.07, 6.45) is 0. The third-order valence-corrected chi connectivity index (χ3v) is 5.76. The molecule has 9 heteroatoms. The van der Waals surface area contributed by atoms with Gasteiger partial charge in [-0.05, 0) is 49.7 Å². The largest absolute Gasteiger partial charge is 0.347 e. The van der Waals surface area contributed by atoms with Crippen molar-refractivity contribution >= 4 is 29.3 Å². The minimum Gasteiger partial charge on any atom is -0.347 e. The van der Waals surface area contributed by atoms with Crippen LogP contribution in [-0.4, -0.2) is 30.9 Å². The first-order chi connectivity index (χ1) is 15.5. The summed E-state index contributed by atoms with van der Waals surface area (Å²) < 4.78 is 1.69. The molecular formula is C23H21ClN6OS. The van der Waals surface area contributed by atoms with Gasteiger partial charge in [-0.25, -0.2) is 14.6 Å².